The van der Waals surface area contributed by atoms with E-state index in [0.717, 1.165) is 17.7 Å². The number of nitrogens with zero attached hydrogens (tertiary/aromatic N) is 2. The second kappa shape index (κ2) is 6.54. The Labute approximate surface area is 113 Å². The number of hydrogen-bond acceptors (Lipinski definition) is 2. The van der Waals surface area contributed by atoms with Gasteiger partial charge in [0.2, 0.25) is 0 Å². The number of guanidine groups is 1. The van der Waals surface area contributed by atoms with Crippen molar-refractivity contribution in [3.63, 3.8) is 0 Å². The van der Waals surface area contributed by atoms with E-state index in [2.05, 4.69) is 34.3 Å². The lowest BCUT2D eigenvalue weighted by atomic mass is 10.1. The molecule has 1 aromatic heterocycles. The van der Waals surface area contributed by atoms with Crippen molar-refractivity contribution in [1.82, 2.24) is 4.98 Å². The Hall–Kier alpha value is -2.36. The van der Waals surface area contributed by atoms with Crippen LogP contribution < -0.4 is 11.1 Å². The van der Waals surface area contributed by atoms with Gasteiger partial charge in [0.1, 0.15) is 0 Å². The first-order valence-electron chi connectivity index (χ1n) is 6.32. The molecule has 0 unspecified atom stereocenters. The zero-order valence-corrected chi connectivity index (χ0v) is 11.0. The highest BCUT2D eigenvalue weighted by molar-refractivity contribution is 5.92. The molecule has 0 aliphatic rings. The SMILES string of the molecule is CCc1ccc(NC(N)=NCc2cccnc2)cc1. The molecule has 98 valence electrons. The van der Waals surface area contributed by atoms with Gasteiger partial charge in [-0.2, -0.15) is 0 Å². The van der Waals surface area contributed by atoms with E-state index in [1.54, 1.807) is 12.4 Å². The van der Waals surface area contributed by atoms with Gasteiger partial charge in [0.15, 0.2) is 5.96 Å². The van der Waals surface area contributed by atoms with Gasteiger partial charge in [-0.05, 0) is 35.7 Å². The van der Waals surface area contributed by atoms with E-state index in [1.165, 1.54) is 5.56 Å². The van der Waals surface area contributed by atoms with E-state index in [-0.39, 0.29) is 0 Å². The van der Waals surface area contributed by atoms with Gasteiger partial charge < -0.3 is 11.1 Å². The number of nitrogens with one attached hydrogen (secondary N) is 1. The largest absolute Gasteiger partial charge is 0.370 e. The summed E-state index contributed by atoms with van der Waals surface area (Å²) >= 11 is 0. The highest BCUT2D eigenvalue weighted by Crippen LogP contribution is 2.09. The Morgan fingerprint density at radius 2 is 2.00 bits per heavy atom. The molecule has 4 heteroatoms. The third kappa shape index (κ3) is 4.10. The Morgan fingerprint density at radius 1 is 1.21 bits per heavy atom. The minimum atomic E-state index is 0.410. The topological polar surface area (TPSA) is 63.3 Å². The molecule has 1 heterocycles. The molecule has 2 aromatic rings. The molecular weight excluding hydrogens is 236 g/mol. The van der Waals surface area contributed by atoms with E-state index >= 15 is 0 Å². The Balaban J connectivity index is 1.94. The smallest absolute Gasteiger partial charge is 0.193 e. The van der Waals surface area contributed by atoms with Gasteiger partial charge in [-0.3, -0.25) is 4.98 Å². The zero-order chi connectivity index (χ0) is 13.5. The fourth-order valence-electron chi connectivity index (χ4n) is 1.68. The summed E-state index contributed by atoms with van der Waals surface area (Å²) in [5.74, 6) is 0.410. The van der Waals surface area contributed by atoms with Gasteiger partial charge in [0, 0.05) is 18.1 Å². The Bertz CT molecular complexity index is 532. The van der Waals surface area contributed by atoms with Gasteiger partial charge >= 0.3 is 0 Å². The first kappa shape index (κ1) is 13.1. The molecule has 3 N–H and O–H groups in total. The number of nitrogens with two attached hydrogens (primary N) is 1. The molecule has 0 bridgehead atoms. The third-order valence-electron chi connectivity index (χ3n) is 2.79. The van der Waals surface area contributed by atoms with Gasteiger partial charge in [-0.25, -0.2) is 4.99 Å². The summed E-state index contributed by atoms with van der Waals surface area (Å²) in [5.41, 5.74) is 9.13. The van der Waals surface area contributed by atoms with Gasteiger partial charge in [0.25, 0.3) is 0 Å². The number of aromatic nitrogens is 1. The highest BCUT2D eigenvalue weighted by atomic mass is 15.1. The summed E-state index contributed by atoms with van der Waals surface area (Å²) < 4.78 is 0. The fraction of sp³-hybridized carbons (Fsp3) is 0.200. The minimum Gasteiger partial charge on any atom is -0.370 e. The quantitative estimate of drug-likeness (QED) is 0.651. The summed E-state index contributed by atoms with van der Waals surface area (Å²) in [6.45, 7) is 2.66. The molecule has 0 aliphatic carbocycles. The zero-order valence-electron chi connectivity index (χ0n) is 11.0. The van der Waals surface area contributed by atoms with E-state index in [4.69, 9.17) is 5.73 Å². The maximum atomic E-state index is 5.84. The minimum absolute atomic E-state index is 0.410. The van der Waals surface area contributed by atoms with Crippen LogP contribution in [0.3, 0.4) is 0 Å². The second-order valence-corrected chi connectivity index (χ2v) is 4.24. The number of anilines is 1. The van der Waals surface area contributed by atoms with Crippen molar-refractivity contribution in [3.8, 4) is 0 Å². The molecule has 4 nitrogen and oxygen atoms in total. The number of aliphatic imine (C=N–C) groups is 1. The van der Waals surface area contributed by atoms with E-state index < -0.39 is 0 Å². The molecule has 0 radical (unpaired) electrons. The van der Waals surface area contributed by atoms with Crippen LogP contribution in [0.25, 0.3) is 0 Å². The van der Waals surface area contributed by atoms with Crippen LogP contribution >= 0.6 is 0 Å². The summed E-state index contributed by atoms with van der Waals surface area (Å²) in [5, 5.41) is 3.07. The molecule has 0 amide bonds. The van der Waals surface area contributed by atoms with Gasteiger partial charge in [-0.15, -0.1) is 0 Å². The number of hydrogen-bond donors (Lipinski definition) is 2. The van der Waals surface area contributed by atoms with Gasteiger partial charge in [-0.1, -0.05) is 25.1 Å². The van der Waals surface area contributed by atoms with E-state index in [0.29, 0.717) is 12.5 Å². The third-order valence-corrected chi connectivity index (χ3v) is 2.79. The van der Waals surface area contributed by atoms with Crippen molar-refractivity contribution in [2.24, 2.45) is 10.7 Å². The van der Waals surface area contributed by atoms with Gasteiger partial charge in [0.05, 0.1) is 6.54 Å². The average Bonchev–Trinajstić information content (AvgIpc) is 2.47. The van der Waals surface area contributed by atoms with Crippen LogP contribution in [0.1, 0.15) is 18.1 Å². The first-order chi connectivity index (χ1) is 9.28. The van der Waals surface area contributed by atoms with Crippen molar-refractivity contribution in [2.45, 2.75) is 19.9 Å². The molecule has 0 saturated carbocycles. The van der Waals surface area contributed by atoms with Crippen molar-refractivity contribution in [1.29, 1.82) is 0 Å². The molecule has 2 rings (SSSR count). The van der Waals surface area contributed by atoms with Crippen molar-refractivity contribution >= 4 is 11.6 Å². The van der Waals surface area contributed by atoms with Crippen molar-refractivity contribution < 1.29 is 0 Å². The predicted molar refractivity (Wildman–Crippen MR) is 79.0 cm³/mol. The molecule has 0 fully saturated rings. The molecule has 0 atom stereocenters. The Morgan fingerprint density at radius 3 is 2.63 bits per heavy atom. The van der Waals surface area contributed by atoms with Crippen LogP contribution in [0.5, 0.6) is 0 Å². The lowest BCUT2D eigenvalue weighted by molar-refractivity contribution is 1.04. The lowest BCUT2D eigenvalue weighted by Gasteiger charge is -2.06. The second-order valence-electron chi connectivity index (χ2n) is 4.24. The molecule has 1 aromatic carbocycles. The number of rotatable bonds is 4. The molecule has 0 aliphatic heterocycles. The maximum absolute atomic E-state index is 5.84. The number of pyridine rings is 1. The monoisotopic (exact) mass is 254 g/mol. The first-order valence-corrected chi connectivity index (χ1v) is 6.32. The maximum Gasteiger partial charge on any atom is 0.193 e. The van der Waals surface area contributed by atoms with Crippen LogP contribution in [-0.2, 0) is 13.0 Å². The van der Waals surface area contributed by atoms with Crippen LogP contribution in [0.15, 0.2) is 53.8 Å². The number of benzene rings is 1. The molecule has 19 heavy (non-hydrogen) atoms. The number of aryl methyl sites for hydroxylation is 1. The normalized spacial score (nSPS) is 11.3. The molecule has 0 spiro atoms. The van der Waals surface area contributed by atoms with Crippen LogP contribution in [0, 0.1) is 0 Å². The highest BCUT2D eigenvalue weighted by Gasteiger charge is 1.96. The van der Waals surface area contributed by atoms with E-state index in [1.807, 2.05) is 24.3 Å². The van der Waals surface area contributed by atoms with Crippen molar-refractivity contribution in [3.05, 3.63) is 59.9 Å². The van der Waals surface area contributed by atoms with Crippen LogP contribution in [-0.4, -0.2) is 10.9 Å². The lowest BCUT2D eigenvalue weighted by Crippen LogP contribution is -2.22. The summed E-state index contributed by atoms with van der Waals surface area (Å²) in [4.78, 5) is 8.31. The average molecular weight is 254 g/mol. The summed E-state index contributed by atoms with van der Waals surface area (Å²) in [6, 6.07) is 12.0. The van der Waals surface area contributed by atoms with E-state index in [9.17, 15) is 0 Å². The van der Waals surface area contributed by atoms with Crippen LogP contribution in [0.2, 0.25) is 0 Å². The standard InChI is InChI=1S/C15H18N4/c1-2-12-5-7-14(8-6-12)19-15(16)18-11-13-4-3-9-17-10-13/h3-10H,2,11H2,1H3,(H3,16,18,19). The summed E-state index contributed by atoms with van der Waals surface area (Å²) in [7, 11) is 0. The van der Waals surface area contributed by atoms with Crippen molar-refractivity contribution in [2.75, 3.05) is 5.32 Å². The molecular formula is C15H18N4. The predicted octanol–water partition coefficient (Wildman–Crippen LogP) is 2.57. The fourth-order valence-corrected chi connectivity index (χ4v) is 1.68. The van der Waals surface area contributed by atoms with Crippen LogP contribution in [0.4, 0.5) is 5.69 Å². The Kier molecular flexibility index (Phi) is 4.50. The summed E-state index contributed by atoms with van der Waals surface area (Å²) in [6.07, 6.45) is 4.56. The molecule has 0 saturated heterocycles.